The van der Waals surface area contributed by atoms with E-state index in [4.69, 9.17) is 0 Å². The molecule has 0 radical (unpaired) electrons. The van der Waals surface area contributed by atoms with Crippen molar-refractivity contribution >= 4 is 56.2 Å². The molecule has 4 aromatic rings. The molecule has 40 heavy (non-hydrogen) atoms. The fourth-order valence-corrected chi connectivity index (χ4v) is 9.92. The van der Waals surface area contributed by atoms with E-state index in [9.17, 15) is 0 Å². The van der Waals surface area contributed by atoms with Crippen LogP contribution in [0.25, 0.3) is 32.4 Å². The normalized spacial score (nSPS) is 17.1. The van der Waals surface area contributed by atoms with Crippen molar-refractivity contribution in [2.75, 3.05) is 5.75 Å². The predicted octanol–water partition coefficient (Wildman–Crippen LogP) is 11.2. The van der Waals surface area contributed by atoms with Gasteiger partial charge in [-0.25, -0.2) is 0 Å². The lowest BCUT2D eigenvalue weighted by molar-refractivity contribution is 1.40. The molecule has 2 heteroatoms. The maximum atomic E-state index is 4.42. The third-order valence-corrected chi connectivity index (χ3v) is 11.7. The molecular formula is C38H33PS. The van der Waals surface area contributed by atoms with Crippen molar-refractivity contribution in [3.8, 4) is 0 Å². The molecule has 0 amide bonds. The summed E-state index contributed by atoms with van der Waals surface area (Å²) in [4.78, 5) is 0. The Morgan fingerprint density at radius 3 is 2.35 bits per heavy atom. The zero-order valence-electron chi connectivity index (χ0n) is 22.7. The van der Waals surface area contributed by atoms with Crippen LogP contribution < -0.4 is 5.30 Å². The van der Waals surface area contributed by atoms with E-state index in [-0.39, 0.29) is 0 Å². The minimum atomic E-state index is -0.840. The molecule has 4 aromatic carbocycles. The SMILES string of the molecule is C=C/C=C\C(=C)C(=C)CSP(/C1=C/C/C=C\C=C/C(=C)c2ccccc21)c1cc2ccccc2c2ccccc12. The van der Waals surface area contributed by atoms with Gasteiger partial charge >= 0.3 is 0 Å². The van der Waals surface area contributed by atoms with Crippen LogP contribution in [-0.4, -0.2) is 5.75 Å². The number of allylic oxidation sites excluding steroid dienone is 10. The summed E-state index contributed by atoms with van der Waals surface area (Å²) in [6, 6.07) is 28.7. The minimum Gasteiger partial charge on any atom is -0.120 e. The first-order chi connectivity index (χ1) is 19.6. The van der Waals surface area contributed by atoms with E-state index in [0.29, 0.717) is 0 Å². The van der Waals surface area contributed by atoms with Gasteiger partial charge < -0.3 is 0 Å². The van der Waals surface area contributed by atoms with Crippen molar-refractivity contribution < 1.29 is 0 Å². The quantitative estimate of drug-likeness (QED) is 0.119. The molecule has 0 nitrogen and oxygen atoms in total. The summed E-state index contributed by atoms with van der Waals surface area (Å²) in [7, 11) is -0.840. The van der Waals surface area contributed by atoms with Crippen LogP contribution in [-0.2, 0) is 0 Å². The van der Waals surface area contributed by atoms with Crippen LogP contribution in [0.5, 0.6) is 0 Å². The largest absolute Gasteiger partial charge is 0.120 e. The van der Waals surface area contributed by atoms with Gasteiger partial charge in [0.15, 0.2) is 0 Å². The Morgan fingerprint density at radius 2 is 1.55 bits per heavy atom. The zero-order chi connectivity index (χ0) is 27.9. The first-order valence-electron chi connectivity index (χ1n) is 13.4. The summed E-state index contributed by atoms with van der Waals surface area (Å²) < 4.78 is 0. The predicted molar refractivity (Wildman–Crippen MR) is 184 cm³/mol. The van der Waals surface area contributed by atoms with Gasteiger partial charge in [-0.3, -0.25) is 0 Å². The molecular weight excluding hydrogens is 519 g/mol. The molecule has 0 aromatic heterocycles. The van der Waals surface area contributed by atoms with Crippen LogP contribution >= 0.6 is 18.5 Å². The molecule has 1 atom stereocenters. The van der Waals surface area contributed by atoms with Crippen LogP contribution in [0.15, 0.2) is 165 Å². The number of fused-ring (bicyclic) bond motifs is 4. The monoisotopic (exact) mass is 552 g/mol. The van der Waals surface area contributed by atoms with Crippen molar-refractivity contribution in [3.05, 3.63) is 176 Å². The summed E-state index contributed by atoms with van der Waals surface area (Å²) in [6.07, 6.45) is 17.5. The van der Waals surface area contributed by atoms with Gasteiger partial charge in [0.2, 0.25) is 0 Å². The highest BCUT2D eigenvalue weighted by Gasteiger charge is 2.24. The standard InChI is InChI=1S/C38H33PS/c1-5-6-17-28(2)30(4)27-40-39(37-25-10-8-7-9-18-29(3)32-20-13-15-23-35(32)37)38-26-31-19-11-12-21-33(31)34-22-14-16-24-36(34)38/h5-9,11-26H,1-4,10,27H2/b8-7-,17-6-,18-9-,37-25+. The number of hydrogen-bond acceptors (Lipinski definition) is 1. The zero-order valence-corrected chi connectivity index (χ0v) is 24.4. The molecule has 0 aliphatic heterocycles. The highest BCUT2D eigenvalue weighted by molar-refractivity contribution is 8.60. The third kappa shape index (κ3) is 5.97. The summed E-state index contributed by atoms with van der Waals surface area (Å²) in [6.45, 7) is 16.9. The Balaban J connectivity index is 1.72. The van der Waals surface area contributed by atoms with Gasteiger partial charge in [-0.2, -0.15) is 0 Å². The van der Waals surface area contributed by atoms with Crippen molar-refractivity contribution in [1.82, 2.24) is 0 Å². The summed E-state index contributed by atoms with van der Waals surface area (Å²) in [5.41, 5.74) is 5.41. The van der Waals surface area contributed by atoms with Crippen molar-refractivity contribution in [1.29, 1.82) is 0 Å². The Morgan fingerprint density at radius 1 is 0.850 bits per heavy atom. The van der Waals surface area contributed by atoms with E-state index < -0.39 is 7.12 Å². The van der Waals surface area contributed by atoms with E-state index in [1.165, 1.54) is 43.3 Å². The van der Waals surface area contributed by atoms with Crippen molar-refractivity contribution in [2.45, 2.75) is 6.42 Å². The number of hydrogen-bond donors (Lipinski definition) is 0. The average molecular weight is 553 g/mol. The number of benzene rings is 4. The van der Waals surface area contributed by atoms with E-state index in [1.54, 1.807) is 6.08 Å². The van der Waals surface area contributed by atoms with E-state index in [0.717, 1.165) is 28.9 Å². The van der Waals surface area contributed by atoms with Crippen molar-refractivity contribution in [3.63, 3.8) is 0 Å². The van der Waals surface area contributed by atoms with Gasteiger partial charge in [0, 0.05) is 12.9 Å². The smallest absolute Gasteiger partial charge is 0.0232 e. The van der Waals surface area contributed by atoms with E-state index in [1.807, 2.05) is 23.5 Å². The average Bonchev–Trinajstić information content (AvgIpc) is 3.00. The van der Waals surface area contributed by atoms with Crippen LogP contribution in [0.4, 0.5) is 0 Å². The first kappa shape index (κ1) is 27.7. The molecule has 0 saturated heterocycles. The van der Waals surface area contributed by atoms with Crippen LogP contribution in [0.2, 0.25) is 0 Å². The molecule has 0 fully saturated rings. The van der Waals surface area contributed by atoms with E-state index in [2.05, 4.69) is 136 Å². The summed E-state index contributed by atoms with van der Waals surface area (Å²) in [5, 5.41) is 7.88. The van der Waals surface area contributed by atoms with Crippen molar-refractivity contribution in [2.24, 2.45) is 0 Å². The summed E-state index contributed by atoms with van der Waals surface area (Å²) in [5.74, 6) is 0.781. The van der Waals surface area contributed by atoms with Gasteiger partial charge in [-0.05, 0) is 72.5 Å². The lowest BCUT2D eigenvalue weighted by Gasteiger charge is -2.26. The Kier molecular flexibility index (Phi) is 8.97. The molecule has 0 saturated carbocycles. The first-order valence-corrected chi connectivity index (χ1v) is 16.3. The third-order valence-electron chi connectivity index (χ3n) is 6.98. The molecule has 1 aliphatic rings. The molecule has 0 bridgehead atoms. The molecule has 0 spiro atoms. The van der Waals surface area contributed by atoms with Gasteiger partial charge in [-0.1, -0.05) is 148 Å². The lowest BCUT2D eigenvalue weighted by Crippen LogP contribution is -2.05. The molecule has 196 valence electrons. The summed E-state index contributed by atoms with van der Waals surface area (Å²) >= 11 is 1.97. The fraction of sp³-hybridized carbons (Fsp3) is 0.0526. The second kappa shape index (κ2) is 13.0. The Hall–Kier alpha value is -3.90. The Bertz CT molecular complexity index is 1740. The highest BCUT2D eigenvalue weighted by Crippen LogP contribution is 2.62. The maximum Gasteiger partial charge on any atom is 0.0232 e. The van der Waals surface area contributed by atoms with Crippen LogP contribution in [0, 0.1) is 0 Å². The second-order valence-electron chi connectivity index (χ2n) is 9.64. The number of rotatable bonds is 8. The second-order valence-corrected chi connectivity index (χ2v) is 13.6. The highest BCUT2D eigenvalue weighted by atomic mass is 32.7. The Labute approximate surface area is 243 Å². The van der Waals surface area contributed by atoms with Gasteiger partial charge in [0.25, 0.3) is 0 Å². The molecule has 1 aliphatic carbocycles. The van der Waals surface area contributed by atoms with Gasteiger partial charge in [0.05, 0.1) is 0 Å². The topological polar surface area (TPSA) is 0 Å². The van der Waals surface area contributed by atoms with Crippen LogP contribution in [0.1, 0.15) is 17.5 Å². The minimum absolute atomic E-state index is 0.781. The van der Waals surface area contributed by atoms with Gasteiger partial charge in [-0.15, -0.1) is 11.4 Å². The molecule has 0 N–H and O–H groups in total. The van der Waals surface area contributed by atoms with Crippen LogP contribution in [0.3, 0.4) is 0 Å². The molecule has 0 heterocycles. The van der Waals surface area contributed by atoms with E-state index >= 15 is 0 Å². The molecule has 5 rings (SSSR count). The molecule has 1 unspecified atom stereocenters. The fourth-order valence-electron chi connectivity index (χ4n) is 4.90. The van der Waals surface area contributed by atoms with Gasteiger partial charge in [0.1, 0.15) is 0 Å². The lowest BCUT2D eigenvalue weighted by atomic mass is 9.99. The maximum absolute atomic E-state index is 4.42.